The van der Waals surface area contributed by atoms with E-state index in [1.165, 1.54) is 18.3 Å². The van der Waals surface area contributed by atoms with Crippen molar-refractivity contribution in [2.45, 2.75) is 19.9 Å². The van der Waals surface area contributed by atoms with Gasteiger partial charge in [0.05, 0.1) is 18.7 Å². The molecule has 0 spiro atoms. The summed E-state index contributed by atoms with van der Waals surface area (Å²) in [6.45, 7) is 2.28. The van der Waals surface area contributed by atoms with Gasteiger partial charge in [0.1, 0.15) is 5.75 Å². The number of hydrogen-bond donors (Lipinski definition) is 2. The van der Waals surface area contributed by atoms with Gasteiger partial charge in [-0.2, -0.15) is 0 Å². The molecule has 0 bridgehead atoms. The average molecular weight is 465 g/mol. The van der Waals surface area contributed by atoms with Crippen LogP contribution in [0.1, 0.15) is 18.9 Å². The third-order valence-corrected chi connectivity index (χ3v) is 6.16. The lowest BCUT2D eigenvalue weighted by atomic mass is 10.1. The molecule has 1 unspecified atom stereocenters. The van der Waals surface area contributed by atoms with Crippen LogP contribution in [0.2, 0.25) is 0 Å². The van der Waals surface area contributed by atoms with Crippen LogP contribution in [-0.2, 0) is 20.9 Å². The normalized spacial score (nSPS) is 15.4. The highest BCUT2D eigenvalue weighted by molar-refractivity contribution is 7.14. The summed E-state index contributed by atoms with van der Waals surface area (Å²) in [6.07, 6.45) is 0.159. The largest absolute Gasteiger partial charge is 0.497 e. The molecule has 8 nitrogen and oxygen atoms in total. The van der Waals surface area contributed by atoms with E-state index >= 15 is 0 Å². The van der Waals surface area contributed by atoms with Crippen LogP contribution in [0.4, 0.5) is 10.8 Å². The Morgan fingerprint density at radius 1 is 1.15 bits per heavy atom. The molecule has 33 heavy (non-hydrogen) atoms. The Hall–Kier alpha value is -3.72. The monoisotopic (exact) mass is 464 g/mol. The fourth-order valence-corrected chi connectivity index (χ4v) is 4.31. The molecular weight excluding hydrogens is 440 g/mol. The molecule has 1 atom stereocenters. The third-order valence-electron chi connectivity index (χ3n) is 5.41. The van der Waals surface area contributed by atoms with Crippen LogP contribution in [0.3, 0.4) is 0 Å². The fraction of sp³-hybridized carbons (Fsp3) is 0.250. The molecule has 9 heteroatoms. The molecule has 1 aliphatic rings. The van der Waals surface area contributed by atoms with Crippen molar-refractivity contribution < 1.29 is 19.1 Å². The minimum atomic E-state index is -0.444. The lowest BCUT2D eigenvalue weighted by molar-refractivity contribution is -0.122. The second-order valence-corrected chi connectivity index (χ2v) is 8.60. The summed E-state index contributed by atoms with van der Waals surface area (Å²) in [5.74, 6) is -0.109. The van der Waals surface area contributed by atoms with Crippen molar-refractivity contribution in [3.63, 3.8) is 0 Å². The Morgan fingerprint density at radius 2 is 1.88 bits per heavy atom. The number of amides is 3. The van der Waals surface area contributed by atoms with Gasteiger partial charge in [-0.25, -0.2) is 4.98 Å². The fourth-order valence-electron chi connectivity index (χ4n) is 3.59. The number of nitrogens with one attached hydrogen (secondary N) is 2. The number of ether oxygens (including phenoxy) is 1. The smallest absolute Gasteiger partial charge is 0.231 e. The van der Waals surface area contributed by atoms with Crippen molar-refractivity contribution in [1.82, 2.24) is 10.3 Å². The summed E-state index contributed by atoms with van der Waals surface area (Å²) < 4.78 is 5.16. The van der Waals surface area contributed by atoms with E-state index in [1.807, 2.05) is 41.8 Å². The zero-order chi connectivity index (χ0) is 23.4. The second-order valence-electron chi connectivity index (χ2n) is 7.74. The number of rotatable bonds is 7. The molecule has 1 aliphatic heterocycles. The molecule has 0 aliphatic carbocycles. The predicted molar refractivity (Wildman–Crippen MR) is 127 cm³/mol. The number of anilines is 2. The van der Waals surface area contributed by atoms with E-state index in [9.17, 15) is 14.4 Å². The van der Waals surface area contributed by atoms with E-state index in [4.69, 9.17) is 4.74 Å². The zero-order valence-corrected chi connectivity index (χ0v) is 19.1. The number of nitrogens with zero attached hydrogens (tertiary/aromatic N) is 2. The van der Waals surface area contributed by atoms with Gasteiger partial charge in [0.25, 0.3) is 0 Å². The van der Waals surface area contributed by atoms with Gasteiger partial charge in [-0.15, -0.1) is 11.3 Å². The minimum Gasteiger partial charge on any atom is -0.497 e. The van der Waals surface area contributed by atoms with E-state index in [2.05, 4.69) is 15.6 Å². The van der Waals surface area contributed by atoms with Gasteiger partial charge in [-0.05, 0) is 29.8 Å². The first-order valence-electron chi connectivity index (χ1n) is 10.5. The molecule has 0 radical (unpaired) electrons. The Kier molecular flexibility index (Phi) is 6.69. The molecule has 2 N–H and O–H groups in total. The van der Waals surface area contributed by atoms with E-state index in [0.29, 0.717) is 24.0 Å². The van der Waals surface area contributed by atoms with Gasteiger partial charge in [0.15, 0.2) is 5.13 Å². The summed E-state index contributed by atoms with van der Waals surface area (Å²) in [5, 5.41) is 7.98. The van der Waals surface area contributed by atoms with Gasteiger partial charge in [-0.1, -0.05) is 24.3 Å². The quantitative estimate of drug-likeness (QED) is 0.558. The Balaban J connectivity index is 1.36. The van der Waals surface area contributed by atoms with Crippen LogP contribution >= 0.6 is 11.3 Å². The molecule has 4 rings (SSSR count). The van der Waals surface area contributed by atoms with Gasteiger partial charge >= 0.3 is 0 Å². The Labute approximate surface area is 195 Å². The zero-order valence-electron chi connectivity index (χ0n) is 18.3. The lowest BCUT2D eigenvalue weighted by Gasteiger charge is -2.16. The van der Waals surface area contributed by atoms with Crippen LogP contribution in [0, 0.1) is 5.92 Å². The molecular formula is C24H24N4O4S. The summed E-state index contributed by atoms with van der Waals surface area (Å²) in [7, 11) is 1.59. The summed E-state index contributed by atoms with van der Waals surface area (Å²) in [6, 6.07) is 14.9. The SMILES string of the molecule is COc1ccc(N2CC(C(=O)Nc3nc(-c4ccc(CNC(C)=O)cc4)cs3)CC2=O)cc1. The number of aromatic nitrogens is 1. The van der Waals surface area contributed by atoms with Crippen LogP contribution in [0.25, 0.3) is 11.3 Å². The number of carbonyl (C=O) groups is 3. The van der Waals surface area contributed by atoms with E-state index in [0.717, 1.165) is 22.5 Å². The lowest BCUT2D eigenvalue weighted by Crippen LogP contribution is -2.28. The van der Waals surface area contributed by atoms with E-state index < -0.39 is 5.92 Å². The van der Waals surface area contributed by atoms with Gasteiger partial charge in [0.2, 0.25) is 17.7 Å². The highest BCUT2D eigenvalue weighted by Crippen LogP contribution is 2.29. The highest BCUT2D eigenvalue weighted by Gasteiger charge is 2.35. The predicted octanol–water partition coefficient (Wildman–Crippen LogP) is 3.45. The summed E-state index contributed by atoms with van der Waals surface area (Å²) >= 11 is 1.34. The number of methoxy groups -OCH3 is 1. The topological polar surface area (TPSA) is 101 Å². The van der Waals surface area contributed by atoms with E-state index in [1.54, 1.807) is 24.1 Å². The van der Waals surface area contributed by atoms with Crippen molar-refractivity contribution in [2.75, 3.05) is 23.9 Å². The maximum Gasteiger partial charge on any atom is 0.231 e. The minimum absolute atomic E-state index is 0.0740. The molecule has 0 saturated carbocycles. The summed E-state index contributed by atoms with van der Waals surface area (Å²) in [4.78, 5) is 42.4. The first kappa shape index (κ1) is 22.5. The molecule has 1 fully saturated rings. The van der Waals surface area contributed by atoms with Crippen molar-refractivity contribution in [1.29, 1.82) is 0 Å². The number of carbonyl (C=O) groups excluding carboxylic acids is 3. The number of thiazole rings is 1. The van der Waals surface area contributed by atoms with Crippen molar-refractivity contribution in [3.8, 4) is 17.0 Å². The van der Waals surface area contributed by atoms with Crippen molar-refractivity contribution >= 4 is 39.9 Å². The van der Waals surface area contributed by atoms with Gasteiger partial charge in [-0.3, -0.25) is 14.4 Å². The van der Waals surface area contributed by atoms with Crippen LogP contribution in [0.5, 0.6) is 5.75 Å². The summed E-state index contributed by atoms with van der Waals surface area (Å²) in [5.41, 5.74) is 3.41. The van der Waals surface area contributed by atoms with Crippen LogP contribution in [-0.4, -0.2) is 36.4 Å². The van der Waals surface area contributed by atoms with Crippen molar-refractivity contribution in [3.05, 3.63) is 59.5 Å². The second kappa shape index (κ2) is 9.83. The third kappa shape index (κ3) is 5.38. The molecule has 3 aromatic rings. The maximum absolute atomic E-state index is 12.8. The number of benzene rings is 2. The first-order valence-corrected chi connectivity index (χ1v) is 11.4. The molecule has 170 valence electrons. The first-order chi connectivity index (χ1) is 15.9. The Morgan fingerprint density at radius 3 is 2.55 bits per heavy atom. The maximum atomic E-state index is 12.8. The molecule has 1 saturated heterocycles. The van der Waals surface area contributed by atoms with E-state index in [-0.39, 0.29) is 24.1 Å². The van der Waals surface area contributed by atoms with Crippen LogP contribution in [0.15, 0.2) is 53.9 Å². The van der Waals surface area contributed by atoms with Gasteiger partial charge < -0.3 is 20.3 Å². The molecule has 3 amide bonds. The highest BCUT2D eigenvalue weighted by atomic mass is 32.1. The molecule has 2 heterocycles. The number of hydrogen-bond acceptors (Lipinski definition) is 6. The molecule has 2 aromatic carbocycles. The van der Waals surface area contributed by atoms with Crippen molar-refractivity contribution in [2.24, 2.45) is 5.92 Å². The standard InChI is InChI=1S/C24H24N4O4S/c1-15(29)25-12-16-3-5-17(6-4-16)21-14-33-24(26-21)27-23(31)18-11-22(30)28(13-18)19-7-9-20(32-2)10-8-19/h3-10,14,18H,11-13H2,1-2H3,(H,25,29)(H,26,27,31). The molecule has 1 aromatic heterocycles. The van der Waals surface area contributed by atoms with Gasteiger partial charge in [0, 0.05) is 43.1 Å². The average Bonchev–Trinajstić information content (AvgIpc) is 3.45. The Bertz CT molecular complexity index is 1160. The van der Waals surface area contributed by atoms with Crippen LogP contribution < -0.4 is 20.3 Å².